The third-order valence-corrected chi connectivity index (χ3v) is 8.26. The molecular weight excluding hydrogens is 528 g/mol. The van der Waals surface area contributed by atoms with Crippen LogP contribution in [0.2, 0.25) is 0 Å². The van der Waals surface area contributed by atoms with Crippen molar-refractivity contribution in [2.75, 3.05) is 30.6 Å². The van der Waals surface area contributed by atoms with Gasteiger partial charge in [-0.1, -0.05) is 39.3 Å². The van der Waals surface area contributed by atoms with Crippen molar-refractivity contribution in [2.24, 2.45) is 5.92 Å². The number of nitrogens with one attached hydrogen (secondary N) is 2. The van der Waals surface area contributed by atoms with Crippen LogP contribution in [0.1, 0.15) is 58.4 Å². The van der Waals surface area contributed by atoms with Gasteiger partial charge in [-0.25, -0.2) is 8.42 Å². The quantitative estimate of drug-likeness (QED) is 0.416. The Hall–Kier alpha value is -3.11. The maximum atomic E-state index is 13.5. The fourth-order valence-corrected chi connectivity index (χ4v) is 6.15. The number of unbranched alkanes of at least 4 members (excludes halogenated alkanes) is 1. The average Bonchev–Trinajstić information content (AvgIpc) is 2.90. The lowest BCUT2D eigenvalue weighted by molar-refractivity contribution is -0.161. The topological polar surface area (TPSA) is 108 Å². The highest BCUT2D eigenvalue weighted by molar-refractivity contribution is 7.92. The highest BCUT2D eigenvalue weighted by Crippen LogP contribution is 2.35. The molecule has 218 valence electrons. The molecule has 2 N–H and O–H groups in total. The van der Waals surface area contributed by atoms with Gasteiger partial charge in [-0.2, -0.15) is 0 Å². The van der Waals surface area contributed by atoms with E-state index in [0.29, 0.717) is 48.9 Å². The van der Waals surface area contributed by atoms with Crippen molar-refractivity contribution in [2.45, 2.75) is 71.0 Å². The minimum absolute atomic E-state index is 0.00939. The van der Waals surface area contributed by atoms with E-state index in [0.717, 1.165) is 44.3 Å². The lowest BCUT2D eigenvalue weighted by Gasteiger charge is -2.52. The summed E-state index contributed by atoms with van der Waals surface area (Å²) in [5, 5.41) is 3.08. The van der Waals surface area contributed by atoms with Crippen molar-refractivity contribution in [3.63, 3.8) is 0 Å². The Balaban J connectivity index is 1.35. The number of anilines is 1. The fraction of sp³-hybridized carbons (Fsp3) is 0.533. The van der Waals surface area contributed by atoms with Crippen LogP contribution in [0.15, 0.2) is 48.5 Å². The Bertz CT molecular complexity index is 1270. The number of rotatable bonds is 11. The summed E-state index contributed by atoms with van der Waals surface area (Å²) in [6, 6.07) is 14.2. The summed E-state index contributed by atoms with van der Waals surface area (Å²) in [6.45, 7) is 9.14. The van der Waals surface area contributed by atoms with Gasteiger partial charge in [0.15, 0.2) is 0 Å². The molecular formula is C30H42N4O5S. The smallest absolute Gasteiger partial charge is 0.246 e. The van der Waals surface area contributed by atoms with E-state index in [1.807, 2.05) is 29.2 Å². The third kappa shape index (κ3) is 7.34. The van der Waals surface area contributed by atoms with Crippen LogP contribution >= 0.6 is 0 Å². The molecule has 1 spiro atoms. The molecule has 40 heavy (non-hydrogen) atoms. The molecule has 2 aliphatic rings. The molecule has 0 saturated carbocycles. The van der Waals surface area contributed by atoms with E-state index in [1.54, 1.807) is 24.3 Å². The second-order valence-electron chi connectivity index (χ2n) is 11.5. The Morgan fingerprint density at radius 3 is 2.17 bits per heavy atom. The summed E-state index contributed by atoms with van der Waals surface area (Å²) < 4.78 is 31.1. The maximum absolute atomic E-state index is 13.5. The van der Waals surface area contributed by atoms with E-state index in [2.05, 4.69) is 35.7 Å². The molecule has 1 atom stereocenters. The van der Waals surface area contributed by atoms with Crippen molar-refractivity contribution in [1.82, 2.24) is 15.1 Å². The van der Waals surface area contributed by atoms with Gasteiger partial charge in [0.2, 0.25) is 21.8 Å². The standard InChI is InChI=1S/C30H42N4O5S/c1-5-6-17-34-28(35)27(20-22(2)3)31-29(36)30(34)15-18-33(19-16-30)21-23-7-11-25(12-8-23)39-26-13-9-24(10-14-26)32-40(4,37)38/h7-14,22,27,32H,5-6,15-21H2,1-4H3,(H,31,36). The number of piperazine rings is 1. The first-order chi connectivity index (χ1) is 19.0. The molecule has 2 aromatic rings. The highest BCUT2D eigenvalue weighted by atomic mass is 32.2. The minimum Gasteiger partial charge on any atom is -0.457 e. The molecule has 2 fully saturated rings. The molecule has 0 radical (unpaired) electrons. The second-order valence-corrected chi connectivity index (χ2v) is 13.2. The fourth-order valence-electron chi connectivity index (χ4n) is 5.59. The van der Waals surface area contributed by atoms with E-state index in [4.69, 9.17) is 4.74 Å². The molecule has 2 aromatic carbocycles. The van der Waals surface area contributed by atoms with Crippen LogP contribution in [0, 0.1) is 5.92 Å². The highest BCUT2D eigenvalue weighted by Gasteiger charge is 2.53. The van der Waals surface area contributed by atoms with Gasteiger partial charge in [0.25, 0.3) is 0 Å². The molecule has 10 heteroatoms. The van der Waals surface area contributed by atoms with Gasteiger partial charge in [0, 0.05) is 31.9 Å². The summed E-state index contributed by atoms with van der Waals surface area (Å²) >= 11 is 0. The van der Waals surface area contributed by atoms with E-state index < -0.39 is 21.6 Å². The number of carbonyl (C=O) groups excluding carboxylic acids is 2. The Morgan fingerprint density at radius 2 is 1.62 bits per heavy atom. The number of carbonyl (C=O) groups is 2. The van der Waals surface area contributed by atoms with Gasteiger partial charge in [0.1, 0.15) is 23.1 Å². The van der Waals surface area contributed by atoms with Crippen molar-refractivity contribution in [1.29, 1.82) is 0 Å². The molecule has 2 amide bonds. The summed E-state index contributed by atoms with van der Waals surface area (Å²) in [5.41, 5.74) is 0.868. The Kier molecular flexibility index (Phi) is 9.41. The SMILES string of the molecule is CCCCN1C(=O)C(CC(C)C)NC(=O)C12CCN(Cc1ccc(Oc3ccc(NS(C)(=O)=O)cc3)cc1)CC2. The Labute approximate surface area is 238 Å². The zero-order valence-corrected chi connectivity index (χ0v) is 24.8. The number of amides is 2. The largest absolute Gasteiger partial charge is 0.457 e. The van der Waals surface area contributed by atoms with Crippen LogP contribution in [0.25, 0.3) is 0 Å². The molecule has 1 unspecified atom stereocenters. The monoisotopic (exact) mass is 570 g/mol. The number of likely N-dealkylation sites (tertiary alicyclic amines) is 1. The number of benzene rings is 2. The second kappa shape index (κ2) is 12.6. The van der Waals surface area contributed by atoms with E-state index >= 15 is 0 Å². The molecule has 0 aromatic heterocycles. The molecule has 0 bridgehead atoms. The number of hydrogen-bond donors (Lipinski definition) is 2. The average molecular weight is 571 g/mol. The zero-order chi connectivity index (χ0) is 28.9. The van der Waals surface area contributed by atoms with Crippen LogP contribution in [0.3, 0.4) is 0 Å². The van der Waals surface area contributed by atoms with Crippen molar-refractivity contribution < 1.29 is 22.7 Å². The normalized spacial score (nSPS) is 19.6. The van der Waals surface area contributed by atoms with Gasteiger partial charge < -0.3 is 15.0 Å². The number of sulfonamides is 1. The number of hydrogen-bond acceptors (Lipinski definition) is 6. The van der Waals surface area contributed by atoms with Crippen molar-refractivity contribution in [3.8, 4) is 11.5 Å². The Morgan fingerprint density at radius 1 is 1.02 bits per heavy atom. The number of ether oxygens (including phenoxy) is 1. The van der Waals surface area contributed by atoms with E-state index in [9.17, 15) is 18.0 Å². The third-order valence-electron chi connectivity index (χ3n) is 7.66. The van der Waals surface area contributed by atoms with Crippen LogP contribution in [0.5, 0.6) is 11.5 Å². The molecule has 2 aliphatic heterocycles. The number of nitrogens with zero attached hydrogens (tertiary/aromatic N) is 2. The molecule has 2 saturated heterocycles. The predicted molar refractivity (Wildman–Crippen MR) is 157 cm³/mol. The first-order valence-electron chi connectivity index (χ1n) is 14.2. The molecule has 4 rings (SSSR count). The van der Waals surface area contributed by atoms with E-state index in [1.165, 1.54) is 0 Å². The summed E-state index contributed by atoms with van der Waals surface area (Å²) in [6.07, 6.45) is 4.92. The summed E-state index contributed by atoms with van der Waals surface area (Å²) in [5.74, 6) is 1.71. The van der Waals surface area contributed by atoms with Gasteiger partial charge in [0.05, 0.1) is 6.26 Å². The predicted octanol–water partition coefficient (Wildman–Crippen LogP) is 4.36. The van der Waals surface area contributed by atoms with Crippen LogP contribution in [-0.4, -0.2) is 67.5 Å². The molecule has 0 aliphatic carbocycles. The van der Waals surface area contributed by atoms with Crippen LogP contribution in [-0.2, 0) is 26.2 Å². The molecule has 9 nitrogen and oxygen atoms in total. The van der Waals surface area contributed by atoms with Crippen LogP contribution in [0.4, 0.5) is 5.69 Å². The van der Waals surface area contributed by atoms with Gasteiger partial charge in [-0.15, -0.1) is 0 Å². The number of piperidine rings is 1. The first kappa shape index (κ1) is 29.9. The minimum atomic E-state index is -3.32. The zero-order valence-electron chi connectivity index (χ0n) is 24.0. The van der Waals surface area contributed by atoms with Gasteiger partial charge in [-0.3, -0.25) is 19.2 Å². The first-order valence-corrected chi connectivity index (χ1v) is 16.1. The van der Waals surface area contributed by atoms with Gasteiger partial charge in [-0.05, 0) is 73.6 Å². The van der Waals surface area contributed by atoms with Crippen LogP contribution < -0.4 is 14.8 Å². The molecule has 2 heterocycles. The summed E-state index contributed by atoms with van der Waals surface area (Å²) in [4.78, 5) is 31.1. The van der Waals surface area contributed by atoms with Gasteiger partial charge >= 0.3 is 0 Å². The van der Waals surface area contributed by atoms with E-state index in [-0.39, 0.29) is 11.8 Å². The lowest BCUT2D eigenvalue weighted by Crippen LogP contribution is -2.73. The maximum Gasteiger partial charge on any atom is 0.246 e. The summed E-state index contributed by atoms with van der Waals surface area (Å²) in [7, 11) is -3.32. The lowest BCUT2D eigenvalue weighted by atomic mass is 9.80. The van der Waals surface area contributed by atoms with Crippen molar-refractivity contribution in [3.05, 3.63) is 54.1 Å². The van der Waals surface area contributed by atoms with Crippen molar-refractivity contribution >= 4 is 27.5 Å².